The Hall–Kier alpha value is -1.69. The van der Waals surface area contributed by atoms with Gasteiger partial charge < -0.3 is 10.6 Å². The first-order valence-electron chi connectivity index (χ1n) is 8.15. The fraction of sp³-hybridized carbons (Fsp3) is 0.444. The number of piperazine rings is 1. The number of hydrogen-bond acceptors (Lipinski definition) is 5. The Morgan fingerprint density at radius 2 is 2.08 bits per heavy atom. The standard InChI is InChI=1S/C18H25ClN4O/c1-14(16-4-3-5-17(12-16)21-24)10-15(11-18(19)20)13-23-8-6-22(2)7-9-23/h3-5,10-12,14H,6-9,13,20H2,1-2H3/b15-10+,18-11-. The van der Waals surface area contributed by atoms with Crippen LogP contribution in [0.4, 0.5) is 5.69 Å². The number of allylic oxidation sites excluding steroid dienone is 1. The number of nitrogens with zero attached hydrogens (tertiary/aromatic N) is 3. The lowest BCUT2D eigenvalue weighted by Crippen LogP contribution is -2.45. The van der Waals surface area contributed by atoms with Gasteiger partial charge in [-0.3, -0.25) is 4.90 Å². The van der Waals surface area contributed by atoms with Gasteiger partial charge in [0.05, 0.1) is 5.16 Å². The molecule has 6 heteroatoms. The van der Waals surface area contributed by atoms with Crippen molar-refractivity contribution >= 4 is 17.3 Å². The minimum Gasteiger partial charge on any atom is -0.389 e. The summed E-state index contributed by atoms with van der Waals surface area (Å²) in [5.41, 5.74) is 8.26. The van der Waals surface area contributed by atoms with Crippen molar-refractivity contribution in [3.8, 4) is 0 Å². The molecular formula is C18H25ClN4O. The SMILES string of the molecule is CC(/C=C(\C=C(/N)Cl)CN1CCN(C)CC1)c1cccc(N=O)c1. The Morgan fingerprint density at radius 3 is 2.71 bits per heavy atom. The number of halogens is 1. The van der Waals surface area contributed by atoms with Crippen molar-refractivity contribution < 1.29 is 0 Å². The summed E-state index contributed by atoms with van der Waals surface area (Å²) in [5, 5.41) is 3.29. The van der Waals surface area contributed by atoms with E-state index in [1.165, 1.54) is 0 Å². The molecule has 1 fully saturated rings. The first-order valence-corrected chi connectivity index (χ1v) is 8.53. The Labute approximate surface area is 148 Å². The Bertz CT molecular complexity index is 617. The highest BCUT2D eigenvalue weighted by Gasteiger charge is 2.15. The van der Waals surface area contributed by atoms with Crippen LogP contribution >= 0.6 is 11.6 Å². The van der Waals surface area contributed by atoms with Crippen LogP contribution in [-0.2, 0) is 0 Å². The van der Waals surface area contributed by atoms with Crippen LogP contribution in [0.3, 0.4) is 0 Å². The van der Waals surface area contributed by atoms with Crippen LogP contribution < -0.4 is 5.73 Å². The van der Waals surface area contributed by atoms with Crippen molar-refractivity contribution in [3.05, 3.63) is 57.6 Å². The van der Waals surface area contributed by atoms with Gasteiger partial charge in [0.2, 0.25) is 0 Å². The number of benzene rings is 1. The predicted octanol–water partition coefficient (Wildman–Crippen LogP) is 3.40. The minimum atomic E-state index is 0.140. The third kappa shape index (κ3) is 5.74. The molecule has 1 unspecified atom stereocenters. The maximum atomic E-state index is 10.7. The summed E-state index contributed by atoms with van der Waals surface area (Å²) in [5.74, 6) is 0.140. The molecule has 0 saturated carbocycles. The molecule has 0 bridgehead atoms. The van der Waals surface area contributed by atoms with Crippen molar-refractivity contribution in [1.29, 1.82) is 0 Å². The molecule has 0 spiro atoms. The second-order valence-corrected chi connectivity index (χ2v) is 6.76. The third-order valence-corrected chi connectivity index (χ3v) is 4.40. The molecule has 24 heavy (non-hydrogen) atoms. The predicted molar refractivity (Wildman–Crippen MR) is 100 cm³/mol. The highest BCUT2D eigenvalue weighted by atomic mass is 35.5. The van der Waals surface area contributed by atoms with Crippen LogP contribution in [0.1, 0.15) is 18.4 Å². The topological polar surface area (TPSA) is 61.9 Å². The molecule has 0 amide bonds. The number of hydrogen-bond donors (Lipinski definition) is 1. The molecule has 1 aromatic rings. The van der Waals surface area contributed by atoms with Gasteiger partial charge in [0.15, 0.2) is 0 Å². The molecule has 1 heterocycles. The molecular weight excluding hydrogens is 324 g/mol. The Kier molecular flexibility index (Phi) is 6.97. The van der Waals surface area contributed by atoms with Gasteiger partial charge in [-0.2, -0.15) is 0 Å². The smallest absolute Gasteiger partial charge is 0.108 e. The van der Waals surface area contributed by atoms with E-state index >= 15 is 0 Å². The van der Waals surface area contributed by atoms with Crippen molar-refractivity contribution in [2.24, 2.45) is 10.9 Å². The summed E-state index contributed by atoms with van der Waals surface area (Å²) in [6.45, 7) is 7.10. The van der Waals surface area contributed by atoms with E-state index in [9.17, 15) is 4.91 Å². The molecule has 1 aromatic carbocycles. The van der Waals surface area contributed by atoms with Crippen LogP contribution in [0.15, 0.2) is 52.3 Å². The van der Waals surface area contributed by atoms with E-state index in [4.69, 9.17) is 17.3 Å². The summed E-state index contributed by atoms with van der Waals surface area (Å²) in [7, 11) is 2.14. The molecule has 130 valence electrons. The van der Waals surface area contributed by atoms with Crippen molar-refractivity contribution in [3.63, 3.8) is 0 Å². The lowest BCUT2D eigenvalue weighted by molar-refractivity contribution is 0.164. The van der Waals surface area contributed by atoms with E-state index in [2.05, 4.69) is 35.0 Å². The Balaban J connectivity index is 2.14. The van der Waals surface area contributed by atoms with Gasteiger partial charge in [-0.15, -0.1) is 4.91 Å². The summed E-state index contributed by atoms with van der Waals surface area (Å²) in [4.78, 5) is 15.4. The largest absolute Gasteiger partial charge is 0.389 e. The van der Waals surface area contributed by atoms with Crippen LogP contribution in [0.25, 0.3) is 0 Å². The summed E-state index contributed by atoms with van der Waals surface area (Å²) in [6.07, 6.45) is 3.97. The van der Waals surface area contributed by atoms with Gasteiger partial charge in [-0.25, -0.2) is 0 Å². The van der Waals surface area contributed by atoms with Gasteiger partial charge in [0.25, 0.3) is 0 Å². The van der Waals surface area contributed by atoms with E-state index < -0.39 is 0 Å². The fourth-order valence-electron chi connectivity index (χ4n) is 2.87. The van der Waals surface area contributed by atoms with E-state index in [1.807, 2.05) is 24.3 Å². The van der Waals surface area contributed by atoms with Gasteiger partial charge in [-0.1, -0.05) is 36.7 Å². The van der Waals surface area contributed by atoms with Crippen LogP contribution in [0.2, 0.25) is 0 Å². The van der Waals surface area contributed by atoms with Gasteiger partial charge in [-0.05, 0) is 47.5 Å². The van der Waals surface area contributed by atoms with E-state index in [0.717, 1.165) is 43.9 Å². The number of likely N-dealkylation sites (N-methyl/N-ethyl adjacent to an activating group) is 1. The third-order valence-electron chi connectivity index (χ3n) is 4.29. The molecule has 1 atom stereocenters. The molecule has 0 radical (unpaired) electrons. The van der Waals surface area contributed by atoms with Gasteiger partial charge in [0.1, 0.15) is 5.69 Å². The van der Waals surface area contributed by atoms with Crippen LogP contribution in [0.5, 0.6) is 0 Å². The molecule has 2 rings (SSSR count). The summed E-state index contributed by atoms with van der Waals surface area (Å²) in [6, 6.07) is 7.36. The highest BCUT2D eigenvalue weighted by Crippen LogP contribution is 2.24. The molecule has 0 aromatic heterocycles. The maximum Gasteiger partial charge on any atom is 0.108 e. The van der Waals surface area contributed by atoms with Crippen LogP contribution in [0, 0.1) is 4.91 Å². The summed E-state index contributed by atoms with van der Waals surface area (Å²) >= 11 is 5.91. The van der Waals surface area contributed by atoms with Crippen molar-refractivity contribution in [2.45, 2.75) is 12.8 Å². The maximum absolute atomic E-state index is 10.7. The Morgan fingerprint density at radius 1 is 1.38 bits per heavy atom. The zero-order valence-corrected chi connectivity index (χ0v) is 15.0. The van der Waals surface area contributed by atoms with Crippen molar-refractivity contribution in [1.82, 2.24) is 9.80 Å². The first kappa shape index (κ1) is 18.6. The quantitative estimate of drug-likeness (QED) is 0.486. The van der Waals surface area contributed by atoms with E-state index in [0.29, 0.717) is 5.69 Å². The number of rotatable bonds is 6. The second-order valence-electron chi connectivity index (χ2n) is 6.33. The molecule has 1 aliphatic heterocycles. The average Bonchev–Trinajstić information content (AvgIpc) is 2.56. The average molecular weight is 349 g/mol. The lowest BCUT2D eigenvalue weighted by Gasteiger charge is -2.32. The van der Waals surface area contributed by atoms with Gasteiger partial charge in [0, 0.05) is 32.7 Å². The molecule has 2 N–H and O–H groups in total. The fourth-order valence-corrected chi connectivity index (χ4v) is 3.01. The van der Waals surface area contributed by atoms with E-state index in [-0.39, 0.29) is 11.1 Å². The van der Waals surface area contributed by atoms with Gasteiger partial charge >= 0.3 is 0 Å². The van der Waals surface area contributed by atoms with Crippen LogP contribution in [-0.4, -0.2) is 49.6 Å². The van der Waals surface area contributed by atoms with Crippen molar-refractivity contribution in [2.75, 3.05) is 39.8 Å². The number of nitroso groups, excluding NO2 is 1. The second kappa shape index (κ2) is 8.97. The normalized spacial score (nSPS) is 19.3. The molecule has 1 aliphatic rings. The molecule has 5 nitrogen and oxygen atoms in total. The number of nitrogens with two attached hydrogens (primary N) is 1. The zero-order valence-electron chi connectivity index (χ0n) is 14.3. The first-order chi connectivity index (χ1) is 11.5. The molecule has 0 aliphatic carbocycles. The highest BCUT2D eigenvalue weighted by molar-refractivity contribution is 6.29. The van der Waals surface area contributed by atoms with E-state index in [1.54, 1.807) is 6.07 Å². The molecule has 1 saturated heterocycles. The summed E-state index contributed by atoms with van der Waals surface area (Å²) < 4.78 is 0. The lowest BCUT2D eigenvalue weighted by atomic mass is 9.97. The zero-order chi connectivity index (χ0) is 17.5. The minimum absolute atomic E-state index is 0.140. The monoisotopic (exact) mass is 348 g/mol.